The smallest absolute Gasteiger partial charge is 0.407 e. The van der Waals surface area contributed by atoms with Crippen LogP contribution in [0.4, 0.5) is 4.79 Å². The zero-order chi connectivity index (χ0) is 14.8. The Kier molecular flexibility index (Phi) is 3.78. The molecular weight excluding hydrogens is 274 g/mol. The minimum Gasteiger partial charge on any atom is -0.443 e. The van der Waals surface area contributed by atoms with Crippen molar-refractivity contribution in [3.05, 3.63) is 17.5 Å². The minimum atomic E-state index is -0.334. The Hall–Kier alpha value is -2.09. The van der Waals surface area contributed by atoms with Crippen molar-refractivity contribution < 1.29 is 14.3 Å². The fraction of sp³-hybridized carbons (Fsp3) is 0.615. The van der Waals surface area contributed by atoms with E-state index in [1.165, 1.54) is 6.92 Å². The first kappa shape index (κ1) is 13.9. The van der Waals surface area contributed by atoms with Gasteiger partial charge in [-0.25, -0.2) is 4.79 Å². The maximum absolute atomic E-state index is 11.0. The van der Waals surface area contributed by atoms with Crippen LogP contribution in [0.2, 0.25) is 0 Å². The van der Waals surface area contributed by atoms with Gasteiger partial charge in [-0.3, -0.25) is 14.4 Å². The number of rotatable bonds is 4. The molecule has 0 unspecified atom stereocenters. The summed E-state index contributed by atoms with van der Waals surface area (Å²) < 4.78 is 7.14. The molecule has 0 bridgehead atoms. The average Bonchev–Trinajstić information content (AvgIpc) is 3.02. The fourth-order valence-electron chi connectivity index (χ4n) is 2.66. The summed E-state index contributed by atoms with van der Waals surface area (Å²) in [5.74, 6) is -0.0573. The van der Waals surface area contributed by atoms with Crippen molar-refractivity contribution in [1.82, 2.24) is 25.3 Å². The van der Waals surface area contributed by atoms with E-state index in [1.54, 1.807) is 0 Å². The van der Waals surface area contributed by atoms with Gasteiger partial charge in [-0.1, -0.05) is 0 Å². The summed E-state index contributed by atoms with van der Waals surface area (Å²) in [6, 6.07) is 2.01. The Labute approximate surface area is 122 Å². The van der Waals surface area contributed by atoms with E-state index in [-0.39, 0.29) is 18.1 Å². The molecule has 1 atom stereocenters. The van der Waals surface area contributed by atoms with Crippen molar-refractivity contribution in [3.63, 3.8) is 0 Å². The Bertz CT molecular complexity index is 556. The summed E-state index contributed by atoms with van der Waals surface area (Å²) >= 11 is 0. The van der Waals surface area contributed by atoms with Gasteiger partial charge in [-0.05, 0) is 6.07 Å². The molecule has 1 aromatic heterocycles. The molecule has 21 heavy (non-hydrogen) atoms. The molecule has 1 saturated heterocycles. The van der Waals surface area contributed by atoms with E-state index in [4.69, 9.17) is 4.74 Å². The molecule has 8 nitrogen and oxygen atoms in total. The first-order valence-corrected chi connectivity index (χ1v) is 7.07. The monoisotopic (exact) mass is 293 g/mol. The Morgan fingerprint density at radius 3 is 3.14 bits per heavy atom. The molecule has 8 heteroatoms. The van der Waals surface area contributed by atoms with Crippen LogP contribution in [0.15, 0.2) is 6.07 Å². The summed E-state index contributed by atoms with van der Waals surface area (Å²) in [6.07, 6.45) is -0.412. The molecule has 2 amide bonds. The number of fused-ring (bicyclic) bond motifs is 1. The number of carbonyl (C=O) groups is 2. The van der Waals surface area contributed by atoms with Crippen molar-refractivity contribution in [2.75, 3.05) is 19.6 Å². The molecule has 0 saturated carbocycles. The van der Waals surface area contributed by atoms with Crippen LogP contribution in [-0.4, -0.2) is 52.4 Å². The zero-order valence-electron chi connectivity index (χ0n) is 12.0. The largest absolute Gasteiger partial charge is 0.443 e. The minimum absolute atomic E-state index is 0.0573. The number of amides is 2. The predicted molar refractivity (Wildman–Crippen MR) is 73.3 cm³/mol. The van der Waals surface area contributed by atoms with Crippen molar-refractivity contribution in [2.24, 2.45) is 0 Å². The molecule has 2 aliphatic heterocycles. The lowest BCUT2D eigenvalue weighted by atomic mass is 10.2. The summed E-state index contributed by atoms with van der Waals surface area (Å²) in [7, 11) is 0. The van der Waals surface area contributed by atoms with Gasteiger partial charge in [0.05, 0.1) is 31.0 Å². The second kappa shape index (κ2) is 5.72. The van der Waals surface area contributed by atoms with Gasteiger partial charge in [0.1, 0.15) is 6.10 Å². The van der Waals surface area contributed by atoms with Crippen LogP contribution < -0.4 is 10.6 Å². The topological polar surface area (TPSA) is 88.5 Å². The van der Waals surface area contributed by atoms with Gasteiger partial charge in [0.15, 0.2) is 0 Å². The van der Waals surface area contributed by atoms with Gasteiger partial charge in [0.2, 0.25) is 5.91 Å². The van der Waals surface area contributed by atoms with Gasteiger partial charge in [0.25, 0.3) is 0 Å². The second-order valence-corrected chi connectivity index (χ2v) is 5.40. The van der Waals surface area contributed by atoms with Crippen LogP contribution in [0, 0.1) is 0 Å². The molecule has 0 aliphatic carbocycles. The number of ether oxygens (including phenoxy) is 1. The normalized spacial score (nSPS) is 21.6. The number of carbonyl (C=O) groups excluding carboxylic acids is 2. The van der Waals surface area contributed by atoms with E-state index in [9.17, 15) is 9.59 Å². The molecular formula is C13H19N5O3. The lowest BCUT2D eigenvalue weighted by Gasteiger charge is -2.28. The summed E-state index contributed by atoms with van der Waals surface area (Å²) in [5, 5.41) is 9.89. The van der Waals surface area contributed by atoms with Crippen LogP contribution >= 0.6 is 0 Å². The Balaban J connectivity index is 1.57. The molecule has 0 aromatic carbocycles. The molecule has 0 spiro atoms. The van der Waals surface area contributed by atoms with Crippen molar-refractivity contribution in [1.29, 1.82) is 0 Å². The SMILES string of the molecule is CC(=O)NCc1cc2n(n1)CCN(C[C@@H]1CNC(=O)O1)C2. The highest BCUT2D eigenvalue weighted by Crippen LogP contribution is 2.15. The second-order valence-electron chi connectivity index (χ2n) is 5.40. The molecule has 114 valence electrons. The van der Waals surface area contributed by atoms with Crippen LogP contribution in [0.25, 0.3) is 0 Å². The van der Waals surface area contributed by atoms with E-state index in [0.29, 0.717) is 13.1 Å². The number of aromatic nitrogens is 2. The Morgan fingerprint density at radius 2 is 2.43 bits per heavy atom. The van der Waals surface area contributed by atoms with E-state index < -0.39 is 0 Å². The number of hydrogen-bond donors (Lipinski definition) is 2. The first-order valence-electron chi connectivity index (χ1n) is 7.07. The van der Waals surface area contributed by atoms with Gasteiger partial charge in [-0.2, -0.15) is 5.10 Å². The predicted octanol–water partition coefficient (Wildman–Crippen LogP) is -0.557. The number of alkyl carbamates (subject to hydrolysis) is 1. The van der Waals surface area contributed by atoms with Crippen LogP contribution in [0.5, 0.6) is 0 Å². The molecule has 2 N–H and O–H groups in total. The van der Waals surface area contributed by atoms with Crippen LogP contribution in [0.3, 0.4) is 0 Å². The quantitative estimate of drug-likeness (QED) is 0.777. The summed E-state index contributed by atoms with van der Waals surface area (Å²) in [6.45, 7) is 5.72. The molecule has 3 rings (SSSR count). The third-order valence-electron chi connectivity index (χ3n) is 3.66. The molecule has 1 fully saturated rings. The first-order chi connectivity index (χ1) is 10.1. The van der Waals surface area contributed by atoms with Gasteiger partial charge >= 0.3 is 6.09 Å². The number of nitrogens with one attached hydrogen (secondary N) is 2. The lowest BCUT2D eigenvalue weighted by molar-refractivity contribution is -0.119. The number of nitrogens with zero attached hydrogens (tertiary/aromatic N) is 3. The van der Waals surface area contributed by atoms with Crippen molar-refractivity contribution >= 4 is 12.0 Å². The molecule has 1 aromatic rings. The third kappa shape index (κ3) is 3.33. The summed E-state index contributed by atoms with van der Waals surface area (Å²) in [4.78, 5) is 24.2. The average molecular weight is 293 g/mol. The fourth-order valence-corrected chi connectivity index (χ4v) is 2.66. The third-order valence-corrected chi connectivity index (χ3v) is 3.66. The Morgan fingerprint density at radius 1 is 1.57 bits per heavy atom. The molecule has 0 radical (unpaired) electrons. The highest BCUT2D eigenvalue weighted by molar-refractivity contribution is 5.72. The van der Waals surface area contributed by atoms with E-state index >= 15 is 0 Å². The van der Waals surface area contributed by atoms with E-state index in [1.807, 2.05) is 10.7 Å². The van der Waals surface area contributed by atoms with E-state index in [0.717, 1.165) is 37.6 Å². The van der Waals surface area contributed by atoms with E-state index in [2.05, 4.69) is 20.6 Å². The van der Waals surface area contributed by atoms with Gasteiger partial charge in [0, 0.05) is 26.6 Å². The molecule has 3 heterocycles. The maximum Gasteiger partial charge on any atom is 0.407 e. The number of hydrogen-bond acceptors (Lipinski definition) is 5. The van der Waals surface area contributed by atoms with Crippen molar-refractivity contribution in [3.8, 4) is 0 Å². The number of cyclic esters (lactones) is 1. The zero-order valence-corrected chi connectivity index (χ0v) is 12.0. The molecule has 2 aliphatic rings. The summed E-state index contributed by atoms with van der Waals surface area (Å²) in [5.41, 5.74) is 2.00. The maximum atomic E-state index is 11.0. The standard InChI is InChI=1S/C13H19N5O3/c1-9(19)14-5-10-4-11-7-17(2-3-18(11)16-10)8-12-6-15-13(20)21-12/h4,12H,2-3,5-8H2,1H3,(H,14,19)(H,15,20)/t12-/m0/s1. The van der Waals surface area contributed by atoms with Crippen LogP contribution in [-0.2, 0) is 29.2 Å². The lowest BCUT2D eigenvalue weighted by Crippen LogP contribution is -2.39. The highest BCUT2D eigenvalue weighted by Gasteiger charge is 2.27. The van der Waals surface area contributed by atoms with Gasteiger partial charge < -0.3 is 15.4 Å². The van der Waals surface area contributed by atoms with Gasteiger partial charge in [-0.15, -0.1) is 0 Å². The van der Waals surface area contributed by atoms with Crippen molar-refractivity contribution in [2.45, 2.75) is 32.7 Å². The highest BCUT2D eigenvalue weighted by atomic mass is 16.6. The van der Waals surface area contributed by atoms with Crippen LogP contribution in [0.1, 0.15) is 18.3 Å².